The molecular formula is C19H28ClFN2O2. The SMILES string of the molecule is CCN(CCN1CCCCCC1)C(=O)C(C)Oc1ccc(F)cc1Cl. The number of carbonyl (C=O) groups excluding carboxylic acids is 1. The van der Waals surface area contributed by atoms with Crippen molar-refractivity contribution in [3.8, 4) is 5.75 Å². The second kappa shape index (κ2) is 9.97. The molecule has 1 fully saturated rings. The Kier molecular flexibility index (Phi) is 7.97. The number of hydrogen-bond donors (Lipinski definition) is 0. The number of hydrogen-bond acceptors (Lipinski definition) is 3. The van der Waals surface area contributed by atoms with Crippen molar-refractivity contribution in [2.75, 3.05) is 32.7 Å². The summed E-state index contributed by atoms with van der Waals surface area (Å²) < 4.78 is 18.8. The first-order chi connectivity index (χ1) is 12.0. The van der Waals surface area contributed by atoms with Crippen LogP contribution in [-0.4, -0.2) is 54.5 Å². The molecule has 1 heterocycles. The summed E-state index contributed by atoms with van der Waals surface area (Å²) in [5.74, 6) is -0.172. The quantitative estimate of drug-likeness (QED) is 0.728. The zero-order chi connectivity index (χ0) is 18.2. The van der Waals surface area contributed by atoms with Crippen molar-refractivity contribution in [1.82, 2.24) is 9.80 Å². The Bertz CT molecular complexity index is 562. The second-order valence-electron chi connectivity index (χ2n) is 6.51. The summed E-state index contributed by atoms with van der Waals surface area (Å²) in [4.78, 5) is 16.9. The zero-order valence-corrected chi connectivity index (χ0v) is 15.9. The van der Waals surface area contributed by atoms with Gasteiger partial charge in [-0.25, -0.2) is 4.39 Å². The molecular weight excluding hydrogens is 343 g/mol. The standard InChI is InChI=1S/C19H28ClFN2O2/c1-3-23(13-12-22-10-6-4-5-7-11-22)19(24)15(2)25-18-9-8-16(21)14-17(18)20/h8-9,14-15H,3-7,10-13H2,1-2H3. The molecule has 1 unspecified atom stereocenters. The van der Waals surface area contributed by atoms with Crippen LogP contribution < -0.4 is 4.74 Å². The van der Waals surface area contributed by atoms with Crippen molar-refractivity contribution in [3.05, 3.63) is 29.0 Å². The van der Waals surface area contributed by atoms with Crippen LogP contribution in [0.2, 0.25) is 5.02 Å². The Hall–Kier alpha value is -1.33. The van der Waals surface area contributed by atoms with Gasteiger partial charge in [0.25, 0.3) is 5.91 Å². The summed E-state index contributed by atoms with van der Waals surface area (Å²) in [6, 6.07) is 3.91. The molecule has 0 aromatic heterocycles. The number of amides is 1. The molecule has 1 aliphatic rings. The maximum absolute atomic E-state index is 13.1. The Balaban J connectivity index is 1.88. The van der Waals surface area contributed by atoms with Gasteiger partial charge in [0.15, 0.2) is 6.10 Å². The molecule has 1 aromatic carbocycles. The van der Waals surface area contributed by atoms with E-state index in [9.17, 15) is 9.18 Å². The van der Waals surface area contributed by atoms with Crippen LogP contribution in [0.3, 0.4) is 0 Å². The molecule has 1 saturated heterocycles. The first kappa shape index (κ1) is 20.0. The molecule has 0 spiro atoms. The van der Waals surface area contributed by atoms with Gasteiger partial charge in [0.1, 0.15) is 11.6 Å². The average molecular weight is 371 g/mol. The number of rotatable bonds is 7. The monoisotopic (exact) mass is 370 g/mol. The number of ether oxygens (including phenoxy) is 1. The van der Waals surface area contributed by atoms with Crippen LogP contribution in [0.4, 0.5) is 4.39 Å². The lowest BCUT2D eigenvalue weighted by Crippen LogP contribution is -2.44. The van der Waals surface area contributed by atoms with Crippen molar-refractivity contribution in [1.29, 1.82) is 0 Å². The smallest absolute Gasteiger partial charge is 0.263 e. The minimum absolute atomic E-state index is 0.0716. The van der Waals surface area contributed by atoms with Gasteiger partial charge in [-0.1, -0.05) is 24.4 Å². The number of carbonyl (C=O) groups is 1. The largest absolute Gasteiger partial charge is 0.479 e. The highest BCUT2D eigenvalue weighted by Gasteiger charge is 2.22. The summed E-state index contributed by atoms with van der Waals surface area (Å²) in [6.07, 6.45) is 4.42. The van der Waals surface area contributed by atoms with Gasteiger partial charge in [-0.15, -0.1) is 0 Å². The Labute approximate surface area is 154 Å². The molecule has 0 N–H and O–H groups in total. The van der Waals surface area contributed by atoms with Crippen LogP contribution in [0.1, 0.15) is 39.5 Å². The molecule has 1 aliphatic heterocycles. The van der Waals surface area contributed by atoms with Crippen molar-refractivity contribution in [2.24, 2.45) is 0 Å². The fourth-order valence-corrected chi connectivity index (χ4v) is 3.33. The van der Waals surface area contributed by atoms with Gasteiger partial charge in [0.2, 0.25) is 0 Å². The van der Waals surface area contributed by atoms with E-state index in [-0.39, 0.29) is 10.9 Å². The molecule has 6 heteroatoms. The van der Waals surface area contributed by atoms with E-state index in [0.717, 1.165) is 19.6 Å². The van der Waals surface area contributed by atoms with E-state index < -0.39 is 11.9 Å². The number of halogens is 2. The van der Waals surface area contributed by atoms with Gasteiger partial charge in [-0.05, 0) is 58.0 Å². The van der Waals surface area contributed by atoms with Crippen LogP contribution in [0, 0.1) is 5.82 Å². The molecule has 0 saturated carbocycles. The van der Waals surface area contributed by atoms with Gasteiger partial charge in [0, 0.05) is 19.6 Å². The lowest BCUT2D eigenvalue weighted by molar-refractivity contribution is -0.138. The van der Waals surface area contributed by atoms with Gasteiger partial charge in [-0.3, -0.25) is 4.79 Å². The molecule has 0 radical (unpaired) electrons. The van der Waals surface area contributed by atoms with Crippen molar-refractivity contribution >= 4 is 17.5 Å². The number of benzene rings is 1. The molecule has 4 nitrogen and oxygen atoms in total. The van der Waals surface area contributed by atoms with Crippen LogP contribution in [0.5, 0.6) is 5.75 Å². The fourth-order valence-electron chi connectivity index (χ4n) is 3.11. The van der Waals surface area contributed by atoms with Crippen LogP contribution in [0.25, 0.3) is 0 Å². The van der Waals surface area contributed by atoms with Crippen molar-refractivity contribution in [2.45, 2.75) is 45.6 Å². The predicted molar refractivity (Wildman–Crippen MR) is 98.7 cm³/mol. The fraction of sp³-hybridized carbons (Fsp3) is 0.632. The Morgan fingerprint density at radius 2 is 2.00 bits per heavy atom. The first-order valence-electron chi connectivity index (χ1n) is 9.14. The molecule has 0 bridgehead atoms. The minimum atomic E-state index is -0.660. The van der Waals surface area contributed by atoms with E-state index in [2.05, 4.69) is 4.90 Å². The summed E-state index contributed by atoms with van der Waals surface area (Å²) in [5, 5.41) is 0.173. The highest BCUT2D eigenvalue weighted by Crippen LogP contribution is 2.26. The third kappa shape index (κ3) is 6.15. The zero-order valence-electron chi connectivity index (χ0n) is 15.1. The third-order valence-corrected chi connectivity index (χ3v) is 4.92. The number of likely N-dealkylation sites (tertiary alicyclic amines) is 1. The highest BCUT2D eigenvalue weighted by atomic mass is 35.5. The van der Waals surface area contributed by atoms with E-state index in [1.807, 2.05) is 11.8 Å². The van der Waals surface area contributed by atoms with Gasteiger partial charge in [0.05, 0.1) is 5.02 Å². The third-order valence-electron chi connectivity index (χ3n) is 4.62. The van der Waals surface area contributed by atoms with E-state index in [1.165, 1.54) is 43.9 Å². The van der Waals surface area contributed by atoms with E-state index in [0.29, 0.717) is 18.8 Å². The van der Waals surface area contributed by atoms with Gasteiger partial charge >= 0.3 is 0 Å². The van der Waals surface area contributed by atoms with E-state index in [4.69, 9.17) is 16.3 Å². The Morgan fingerprint density at radius 1 is 1.32 bits per heavy atom. The summed E-state index contributed by atoms with van der Waals surface area (Å²) in [5.41, 5.74) is 0. The minimum Gasteiger partial charge on any atom is -0.479 e. The maximum Gasteiger partial charge on any atom is 0.263 e. The summed E-state index contributed by atoms with van der Waals surface area (Å²) in [7, 11) is 0. The molecule has 25 heavy (non-hydrogen) atoms. The van der Waals surface area contributed by atoms with Crippen molar-refractivity contribution in [3.63, 3.8) is 0 Å². The molecule has 0 aliphatic carbocycles. The van der Waals surface area contributed by atoms with E-state index in [1.54, 1.807) is 6.92 Å². The molecule has 1 aromatic rings. The average Bonchev–Trinajstić information content (AvgIpc) is 2.86. The van der Waals surface area contributed by atoms with Crippen LogP contribution in [0.15, 0.2) is 18.2 Å². The molecule has 2 rings (SSSR count). The lowest BCUT2D eigenvalue weighted by atomic mass is 10.2. The predicted octanol–water partition coefficient (Wildman–Crippen LogP) is 3.97. The number of nitrogens with zero attached hydrogens (tertiary/aromatic N) is 2. The van der Waals surface area contributed by atoms with Crippen molar-refractivity contribution < 1.29 is 13.9 Å². The number of likely N-dealkylation sites (N-methyl/N-ethyl adjacent to an activating group) is 1. The Morgan fingerprint density at radius 3 is 2.60 bits per heavy atom. The molecule has 140 valence electrons. The van der Waals surface area contributed by atoms with Gasteiger partial charge in [-0.2, -0.15) is 0 Å². The van der Waals surface area contributed by atoms with E-state index >= 15 is 0 Å². The maximum atomic E-state index is 13.1. The van der Waals surface area contributed by atoms with Gasteiger partial charge < -0.3 is 14.5 Å². The first-order valence-corrected chi connectivity index (χ1v) is 9.52. The normalized spacial score (nSPS) is 17.0. The topological polar surface area (TPSA) is 32.8 Å². The van der Waals surface area contributed by atoms with Crippen LogP contribution >= 0.6 is 11.6 Å². The molecule has 1 amide bonds. The lowest BCUT2D eigenvalue weighted by Gasteiger charge is -2.28. The summed E-state index contributed by atoms with van der Waals surface area (Å²) in [6.45, 7) is 8.13. The summed E-state index contributed by atoms with van der Waals surface area (Å²) >= 11 is 5.97. The molecule has 1 atom stereocenters. The van der Waals surface area contributed by atoms with Crippen LogP contribution in [-0.2, 0) is 4.79 Å². The highest BCUT2D eigenvalue weighted by molar-refractivity contribution is 6.32. The second-order valence-corrected chi connectivity index (χ2v) is 6.92.